The van der Waals surface area contributed by atoms with E-state index in [0.717, 1.165) is 6.42 Å². The fraction of sp³-hybridized carbons (Fsp3) is 0.562. The number of benzene rings is 1. The number of nitrogens with two attached hydrogens (primary N) is 1. The maximum atomic E-state index is 12.7. The van der Waals surface area contributed by atoms with Crippen LogP contribution >= 0.6 is 0 Å². The average Bonchev–Trinajstić information content (AvgIpc) is 2.48. The number of morpholine rings is 1. The molecule has 1 aliphatic rings. The van der Waals surface area contributed by atoms with Crippen molar-refractivity contribution in [3.05, 3.63) is 23.8 Å². The smallest absolute Gasteiger partial charge is 0.254 e. The van der Waals surface area contributed by atoms with Crippen molar-refractivity contribution >= 4 is 11.6 Å². The molecule has 5 nitrogen and oxygen atoms in total. The van der Waals surface area contributed by atoms with Gasteiger partial charge < -0.3 is 20.1 Å². The molecule has 21 heavy (non-hydrogen) atoms. The molecule has 1 amide bonds. The van der Waals surface area contributed by atoms with Crippen molar-refractivity contribution in [3.63, 3.8) is 0 Å². The first kappa shape index (κ1) is 15.6. The monoisotopic (exact) mass is 292 g/mol. The van der Waals surface area contributed by atoms with E-state index in [9.17, 15) is 4.79 Å². The van der Waals surface area contributed by atoms with Gasteiger partial charge in [-0.25, -0.2) is 0 Å². The molecule has 0 saturated carbocycles. The predicted molar refractivity (Wildman–Crippen MR) is 82.6 cm³/mol. The fourth-order valence-corrected chi connectivity index (χ4v) is 2.57. The van der Waals surface area contributed by atoms with Gasteiger partial charge in [-0.15, -0.1) is 0 Å². The van der Waals surface area contributed by atoms with E-state index >= 15 is 0 Å². The van der Waals surface area contributed by atoms with Gasteiger partial charge in [0.25, 0.3) is 5.91 Å². The normalized spacial score (nSPS) is 22.1. The van der Waals surface area contributed by atoms with Gasteiger partial charge in [0.05, 0.1) is 31.0 Å². The Hall–Kier alpha value is -1.75. The molecule has 1 heterocycles. The molecule has 2 unspecified atom stereocenters. The Morgan fingerprint density at radius 3 is 2.86 bits per heavy atom. The summed E-state index contributed by atoms with van der Waals surface area (Å²) in [4.78, 5) is 14.6. The lowest BCUT2D eigenvalue weighted by molar-refractivity contribution is -0.0444. The maximum absolute atomic E-state index is 12.7. The Morgan fingerprint density at radius 2 is 2.24 bits per heavy atom. The second-order valence-electron chi connectivity index (χ2n) is 5.35. The van der Waals surface area contributed by atoms with Crippen molar-refractivity contribution in [1.82, 2.24) is 4.90 Å². The molecular weight excluding hydrogens is 268 g/mol. The molecule has 2 rings (SSSR count). The molecule has 1 aromatic carbocycles. The summed E-state index contributed by atoms with van der Waals surface area (Å²) in [6.07, 6.45) is 0.946. The Labute approximate surface area is 126 Å². The number of carbonyl (C=O) groups excluding carboxylic acids is 1. The van der Waals surface area contributed by atoms with E-state index in [2.05, 4.69) is 6.92 Å². The zero-order valence-electron chi connectivity index (χ0n) is 13.0. The number of anilines is 1. The van der Waals surface area contributed by atoms with Crippen LogP contribution in [0.15, 0.2) is 18.2 Å². The van der Waals surface area contributed by atoms with Crippen molar-refractivity contribution in [3.8, 4) is 5.75 Å². The topological polar surface area (TPSA) is 64.8 Å². The summed E-state index contributed by atoms with van der Waals surface area (Å²) in [7, 11) is 0. The minimum Gasteiger partial charge on any atom is -0.492 e. The molecule has 1 saturated heterocycles. The molecule has 1 fully saturated rings. The minimum atomic E-state index is 0.00625. The number of nitrogens with zero attached hydrogens (tertiary/aromatic N) is 1. The Kier molecular flexibility index (Phi) is 5.07. The largest absolute Gasteiger partial charge is 0.492 e. The molecule has 1 aliphatic heterocycles. The third kappa shape index (κ3) is 3.47. The van der Waals surface area contributed by atoms with Crippen LogP contribution in [0.5, 0.6) is 5.75 Å². The molecule has 0 aliphatic carbocycles. The lowest BCUT2D eigenvalue weighted by atomic mass is 10.1. The molecule has 116 valence electrons. The third-order valence-electron chi connectivity index (χ3n) is 3.76. The van der Waals surface area contributed by atoms with Gasteiger partial charge in [0.15, 0.2) is 0 Å². The summed E-state index contributed by atoms with van der Waals surface area (Å²) in [5, 5.41) is 0. The molecule has 0 spiro atoms. The van der Waals surface area contributed by atoms with Gasteiger partial charge in [0, 0.05) is 12.1 Å². The number of carbonyl (C=O) groups is 1. The highest BCUT2D eigenvalue weighted by molar-refractivity contribution is 5.95. The van der Waals surface area contributed by atoms with Crippen molar-refractivity contribution < 1.29 is 14.3 Å². The van der Waals surface area contributed by atoms with Gasteiger partial charge in [0.2, 0.25) is 0 Å². The van der Waals surface area contributed by atoms with E-state index in [0.29, 0.717) is 36.8 Å². The molecule has 2 N–H and O–H groups in total. The maximum Gasteiger partial charge on any atom is 0.254 e. The summed E-state index contributed by atoms with van der Waals surface area (Å²) in [6, 6.07) is 5.36. The molecule has 0 aromatic heterocycles. The molecule has 5 heteroatoms. The number of hydrogen-bond donors (Lipinski definition) is 1. The van der Waals surface area contributed by atoms with Crippen LogP contribution in [0.2, 0.25) is 0 Å². The van der Waals surface area contributed by atoms with Gasteiger partial charge in [-0.2, -0.15) is 0 Å². The van der Waals surface area contributed by atoms with E-state index in [4.69, 9.17) is 15.2 Å². The summed E-state index contributed by atoms with van der Waals surface area (Å²) in [6.45, 7) is 7.71. The third-order valence-corrected chi connectivity index (χ3v) is 3.76. The van der Waals surface area contributed by atoms with Crippen molar-refractivity contribution in [1.29, 1.82) is 0 Å². The lowest BCUT2D eigenvalue weighted by Crippen LogP contribution is -2.51. The highest BCUT2D eigenvalue weighted by atomic mass is 16.5. The summed E-state index contributed by atoms with van der Waals surface area (Å²) in [5.74, 6) is 0.628. The fourth-order valence-electron chi connectivity index (χ4n) is 2.57. The predicted octanol–water partition coefficient (Wildman–Crippen LogP) is 2.31. The number of amides is 1. The summed E-state index contributed by atoms with van der Waals surface area (Å²) >= 11 is 0. The SMILES string of the molecule is CCOc1ccc(C(=O)N2CC(C)OCC2CC)cc1N. The lowest BCUT2D eigenvalue weighted by Gasteiger charge is -2.38. The van der Waals surface area contributed by atoms with Crippen molar-refractivity contribution in [2.75, 3.05) is 25.5 Å². The second kappa shape index (κ2) is 6.80. The summed E-state index contributed by atoms with van der Waals surface area (Å²) in [5.41, 5.74) is 7.05. The number of ether oxygens (including phenoxy) is 2. The van der Waals surface area contributed by atoms with Crippen LogP contribution in [0.1, 0.15) is 37.6 Å². The first-order chi connectivity index (χ1) is 10.1. The first-order valence-corrected chi connectivity index (χ1v) is 7.51. The van der Waals surface area contributed by atoms with Crippen LogP contribution in [-0.2, 0) is 4.74 Å². The molecule has 0 bridgehead atoms. The van der Waals surface area contributed by atoms with E-state index in [1.54, 1.807) is 18.2 Å². The van der Waals surface area contributed by atoms with Crippen LogP contribution in [0.25, 0.3) is 0 Å². The highest BCUT2D eigenvalue weighted by Gasteiger charge is 2.30. The number of nitrogen functional groups attached to an aromatic ring is 1. The minimum absolute atomic E-state index is 0.00625. The van der Waals surface area contributed by atoms with Gasteiger partial charge >= 0.3 is 0 Å². The van der Waals surface area contributed by atoms with Gasteiger partial charge in [0.1, 0.15) is 5.75 Å². The quantitative estimate of drug-likeness (QED) is 0.865. The zero-order chi connectivity index (χ0) is 15.4. The second-order valence-corrected chi connectivity index (χ2v) is 5.35. The first-order valence-electron chi connectivity index (χ1n) is 7.51. The highest BCUT2D eigenvalue weighted by Crippen LogP contribution is 2.25. The summed E-state index contributed by atoms with van der Waals surface area (Å²) < 4.78 is 11.0. The van der Waals surface area contributed by atoms with Crippen LogP contribution in [0, 0.1) is 0 Å². The van der Waals surface area contributed by atoms with E-state index in [1.165, 1.54) is 0 Å². The van der Waals surface area contributed by atoms with E-state index in [1.807, 2.05) is 18.7 Å². The average molecular weight is 292 g/mol. The van der Waals surface area contributed by atoms with Crippen LogP contribution in [-0.4, -0.2) is 42.7 Å². The molecular formula is C16H24N2O3. The standard InChI is InChI=1S/C16H24N2O3/c1-4-13-10-21-11(3)9-18(13)16(19)12-6-7-15(20-5-2)14(17)8-12/h6-8,11,13H,4-5,9-10,17H2,1-3H3. The van der Waals surface area contributed by atoms with Crippen molar-refractivity contribution in [2.45, 2.75) is 39.3 Å². The van der Waals surface area contributed by atoms with Crippen molar-refractivity contribution in [2.24, 2.45) is 0 Å². The van der Waals surface area contributed by atoms with E-state index in [-0.39, 0.29) is 18.1 Å². The van der Waals surface area contributed by atoms with Crippen LogP contribution in [0.3, 0.4) is 0 Å². The molecule has 1 aromatic rings. The van der Waals surface area contributed by atoms with E-state index < -0.39 is 0 Å². The van der Waals surface area contributed by atoms with Gasteiger partial charge in [-0.05, 0) is 38.5 Å². The van der Waals surface area contributed by atoms with Gasteiger partial charge in [-0.1, -0.05) is 6.92 Å². The Balaban J connectivity index is 2.20. The number of rotatable bonds is 4. The number of hydrogen-bond acceptors (Lipinski definition) is 4. The van der Waals surface area contributed by atoms with Crippen LogP contribution in [0.4, 0.5) is 5.69 Å². The Morgan fingerprint density at radius 1 is 1.48 bits per heavy atom. The Bertz CT molecular complexity index is 504. The van der Waals surface area contributed by atoms with Gasteiger partial charge in [-0.3, -0.25) is 4.79 Å². The zero-order valence-corrected chi connectivity index (χ0v) is 13.0. The van der Waals surface area contributed by atoms with Crippen LogP contribution < -0.4 is 10.5 Å². The molecule has 0 radical (unpaired) electrons. The molecule has 2 atom stereocenters.